The molecule has 1 aliphatic heterocycles. The molecular weight excluding hydrogens is 170 g/mol. The van der Waals surface area contributed by atoms with Crippen LogP contribution in [0.5, 0.6) is 0 Å². The number of hydrogen-bond donors (Lipinski definition) is 2. The minimum Gasteiger partial charge on any atom is -0.741 e. The van der Waals surface area contributed by atoms with Gasteiger partial charge in [0.05, 0.1) is 0 Å². The number of carbonyl (C=O) groups is 1. The number of nitrogens with two attached hydrogens (primary N) is 1. The molecule has 0 bridgehead atoms. The Balaban J connectivity index is 2.55. The van der Waals surface area contributed by atoms with Crippen LogP contribution in [-0.2, 0) is 6.54 Å². The van der Waals surface area contributed by atoms with E-state index < -0.39 is 5.91 Å². The van der Waals surface area contributed by atoms with Crippen LogP contribution < -0.4 is 11.2 Å². The van der Waals surface area contributed by atoms with Crippen LogP contribution >= 0.6 is 0 Å². The number of benzene rings is 1. The van der Waals surface area contributed by atoms with Crippen LogP contribution in [0.1, 0.15) is 15.9 Å². The molecule has 0 fully saturated rings. The SMILES string of the molecule is Nc1cccc2c1CNN([O-])C2=O. The van der Waals surface area contributed by atoms with E-state index in [-0.39, 0.29) is 5.17 Å². The van der Waals surface area contributed by atoms with Crippen LogP contribution in [0, 0.1) is 5.21 Å². The molecule has 5 nitrogen and oxygen atoms in total. The number of nitrogen functional groups attached to an aromatic ring is 1. The lowest BCUT2D eigenvalue weighted by Gasteiger charge is -2.34. The first-order chi connectivity index (χ1) is 6.20. The second-order valence-electron chi connectivity index (χ2n) is 2.81. The zero-order valence-corrected chi connectivity index (χ0v) is 6.78. The second-order valence-corrected chi connectivity index (χ2v) is 2.81. The lowest BCUT2D eigenvalue weighted by atomic mass is 10.0. The van der Waals surface area contributed by atoms with E-state index in [9.17, 15) is 10.0 Å². The Morgan fingerprint density at radius 2 is 2.31 bits per heavy atom. The van der Waals surface area contributed by atoms with Gasteiger partial charge in [0.15, 0.2) is 0 Å². The van der Waals surface area contributed by atoms with Gasteiger partial charge in [0, 0.05) is 23.4 Å². The summed E-state index contributed by atoms with van der Waals surface area (Å²) >= 11 is 0. The van der Waals surface area contributed by atoms with E-state index in [0.29, 0.717) is 23.4 Å². The van der Waals surface area contributed by atoms with Crippen LogP contribution in [0.3, 0.4) is 0 Å². The lowest BCUT2D eigenvalue weighted by molar-refractivity contribution is 0.0729. The van der Waals surface area contributed by atoms with E-state index in [1.165, 1.54) is 0 Å². The van der Waals surface area contributed by atoms with Crippen LogP contribution in [0.25, 0.3) is 0 Å². The number of hydroxylamine groups is 1. The van der Waals surface area contributed by atoms with Gasteiger partial charge in [-0.25, -0.2) is 5.43 Å². The fraction of sp³-hybridized carbons (Fsp3) is 0.125. The van der Waals surface area contributed by atoms with Gasteiger partial charge in [0.2, 0.25) is 0 Å². The smallest absolute Gasteiger partial charge is 0.258 e. The highest BCUT2D eigenvalue weighted by Gasteiger charge is 2.19. The average Bonchev–Trinajstić information content (AvgIpc) is 2.12. The molecule has 0 spiro atoms. The molecule has 0 saturated heterocycles. The molecule has 0 radical (unpaired) electrons. The number of anilines is 1. The molecule has 0 aliphatic carbocycles. The molecule has 1 amide bonds. The number of nitrogens with zero attached hydrogens (tertiary/aromatic N) is 1. The topological polar surface area (TPSA) is 81.4 Å². The zero-order chi connectivity index (χ0) is 9.42. The number of carbonyl (C=O) groups excluding carboxylic acids is 1. The Morgan fingerprint density at radius 1 is 1.54 bits per heavy atom. The number of hydrogen-bond acceptors (Lipinski definition) is 4. The number of hydrazine groups is 1. The fourth-order valence-electron chi connectivity index (χ4n) is 1.33. The Bertz CT molecular complexity index is 364. The van der Waals surface area contributed by atoms with Gasteiger partial charge in [0.25, 0.3) is 5.91 Å². The van der Waals surface area contributed by atoms with Gasteiger partial charge in [-0.3, -0.25) is 4.79 Å². The third-order valence-electron chi connectivity index (χ3n) is 2.03. The highest BCUT2D eigenvalue weighted by molar-refractivity contribution is 5.97. The van der Waals surface area contributed by atoms with Crippen molar-refractivity contribution < 1.29 is 4.79 Å². The van der Waals surface area contributed by atoms with Gasteiger partial charge in [-0.15, -0.1) is 0 Å². The van der Waals surface area contributed by atoms with Crippen LogP contribution in [0.15, 0.2) is 18.2 Å². The number of amides is 1. The lowest BCUT2D eigenvalue weighted by Crippen LogP contribution is -2.42. The standard InChI is InChI=1S/C8H8N3O2/c9-7-3-1-2-5-6(7)4-10-11(13)8(5)12/h1-3,10H,4,9H2/q-1. The van der Waals surface area contributed by atoms with Gasteiger partial charge in [-0.1, -0.05) is 6.07 Å². The maximum Gasteiger partial charge on any atom is 0.258 e. The van der Waals surface area contributed by atoms with Crippen LogP contribution in [0.4, 0.5) is 5.69 Å². The quantitative estimate of drug-likeness (QED) is 0.557. The van der Waals surface area contributed by atoms with Crippen molar-refractivity contribution >= 4 is 11.6 Å². The van der Waals surface area contributed by atoms with E-state index in [0.717, 1.165) is 0 Å². The highest BCUT2D eigenvalue weighted by Crippen LogP contribution is 2.21. The number of nitrogens with one attached hydrogen (secondary N) is 1. The third-order valence-corrected chi connectivity index (χ3v) is 2.03. The second kappa shape index (κ2) is 2.72. The summed E-state index contributed by atoms with van der Waals surface area (Å²) in [5.41, 5.74) is 9.62. The molecule has 1 aromatic rings. The Hall–Kier alpha value is -1.59. The third kappa shape index (κ3) is 1.14. The average molecular weight is 178 g/mol. The summed E-state index contributed by atoms with van der Waals surface area (Å²) in [4.78, 5) is 11.3. The molecule has 1 aromatic carbocycles. The van der Waals surface area contributed by atoms with Crippen molar-refractivity contribution in [3.05, 3.63) is 34.5 Å². The van der Waals surface area contributed by atoms with Crippen molar-refractivity contribution in [2.45, 2.75) is 6.54 Å². The van der Waals surface area contributed by atoms with E-state index in [4.69, 9.17) is 5.73 Å². The van der Waals surface area contributed by atoms with Crippen LogP contribution in [-0.4, -0.2) is 11.1 Å². The van der Waals surface area contributed by atoms with Crippen molar-refractivity contribution in [1.29, 1.82) is 0 Å². The summed E-state index contributed by atoms with van der Waals surface area (Å²) in [7, 11) is 0. The van der Waals surface area contributed by atoms with Gasteiger partial charge in [-0.05, 0) is 12.1 Å². The zero-order valence-electron chi connectivity index (χ0n) is 6.78. The largest absolute Gasteiger partial charge is 0.741 e. The first kappa shape index (κ1) is 8.03. The van der Waals surface area contributed by atoms with E-state index in [1.54, 1.807) is 18.2 Å². The first-order valence-corrected chi connectivity index (χ1v) is 3.82. The van der Waals surface area contributed by atoms with E-state index in [1.807, 2.05) is 0 Å². The molecule has 1 heterocycles. The molecule has 0 saturated carbocycles. The molecule has 1 aliphatic rings. The maximum atomic E-state index is 11.3. The minimum atomic E-state index is -0.589. The van der Waals surface area contributed by atoms with E-state index >= 15 is 0 Å². The minimum absolute atomic E-state index is 0.224. The summed E-state index contributed by atoms with van der Waals surface area (Å²) in [6.45, 7) is 0.303. The maximum absolute atomic E-state index is 11.3. The van der Waals surface area contributed by atoms with Crippen molar-refractivity contribution in [2.75, 3.05) is 5.73 Å². The molecule has 3 N–H and O–H groups in total. The summed E-state index contributed by atoms with van der Waals surface area (Å²) in [6, 6.07) is 4.96. The summed E-state index contributed by atoms with van der Waals surface area (Å²) in [6.07, 6.45) is 0. The van der Waals surface area contributed by atoms with Crippen molar-refractivity contribution in [3.8, 4) is 0 Å². The number of fused-ring (bicyclic) bond motifs is 1. The molecule has 2 rings (SSSR count). The summed E-state index contributed by atoms with van der Waals surface area (Å²) in [5, 5.41) is 11.1. The summed E-state index contributed by atoms with van der Waals surface area (Å²) in [5.74, 6) is -0.589. The monoisotopic (exact) mass is 178 g/mol. The predicted molar refractivity (Wildman–Crippen MR) is 47.2 cm³/mol. The molecule has 13 heavy (non-hydrogen) atoms. The molecule has 0 aromatic heterocycles. The molecular formula is C8H8N3O2-. The normalized spacial score (nSPS) is 15.8. The van der Waals surface area contributed by atoms with Gasteiger partial charge >= 0.3 is 0 Å². The highest BCUT2D eigenvalue weighted by atomic mass is 16.6. The Labute approximate surface area is 74.7 Å². The van der Waals surface area contributed by atoms with Gasteiger partial charge in [-0.2, -0.15) is 0 Å². The van der Waals surface area contributed by atoms with Crippen LogP contribution in [0.2, 0.25) is 0 Å². The summed E-state index contributed by atoms with van der Waals surface area (Å²) < 4.78 is 0. The Kier molecular flexibility index (Phi) is 1.68. The fourth-order valence-corrected chi connectivity index (χ4v) is 1.33. The van der Waals surface area contributed by atoms with E-state index in [2.05, 4.69) is 5.43 Å². The molecule has 0 atom stereocenters. The van der Waals surface area contributed by atoms with Gasteiger partial charge in [0.1, 0.15) is 0 Å². The van der Waals surface area contributed by atoms with Crippen molar-refractivity contribution in [3.63, 3.8) is 0 Å². The van der Waals surface area contributed by atoms with Gasteiger partial charge < -0.3 is 16.1 Å². The predicted octanol–water partition coefficient (Wildman–Crippen LogP) is 0.227. The first-order valence-electron chi connectivity index (χ1n) is 3.82. The molecule has 0 unspecified atom stereocenters. The van der Waals surface area contributed by atoms with Crippen molar-refractivity contribution in [1.82, 2.24) is 10.6 Å². The molecule has 68 valence electrons. The Morgan fingerprint density at radius 3 is 3.08 bits per heavy atom. The molecule has 5 heteroatoms. The van der Waals surface area contributed by atoms with Crippen molar-refractivity contribution in [2.24, 2.45) is 0 Å². The number of rotatable bonds is 0.